The highest BCUT2D eigenvalue weighted by Gasteiger charge is 2.17. The smallest absolute Gasteiger partial charge is 0.170 e. The van der Waals surface area contributed by atoms with Crippen LogP contribution in [0.4, 0.5) is 0 Å². The lowest BCUT2D eigenvalue weighted by atomic mass is 9.85. The number of fused-ring (bicyclic) bond motifs is 1. The average Bonchev–Trinajstić information content (AvgIpc) is 2.83. The van der Waals surface area contributed by atoms with Gasteiger partial charge in [-0.15, -0.1) is 0 Å². The van der Waals surface area contributed by atoms with Crippen molar-refractivity contribution in [2.75, 3.05) is 0 Å². The number of aromatic nitrogens is 2. The van der Waals surface area contributed by atoms with Crippen LogP contribution in [0.25, 0.3) is 11.0 Å². The van der Waals surface area contributed by atoms with Gasteiger partial charge in [-0.2, -0.15) is 0 Å². The molecule has 3 aromatic rings. The van der Waals surface area contributed by atoms with Crippen LogP contribution in [-0.4, -0.2) is 15.3 Å². The average molecular weight is 306 g/mol. The zero-order valence-electron chi connectivity index (χ0n) is 14.1. The maximum absolute atomic E-state index is 12.7. The van der Waals surface area contributed by atoms with Gasteiger partial charge in [0.1, 0.15) is 5.82 Å². The van der Waals surface area contributed by atoms with Crippen molar-refractivity contribution in [1.82, 2.24) is 9.55 Å². The first-order valence-corrected chi connectivity index (χ1v) is 7.90. The van der Waals surface area contributed by atoms with E-state index in [-0.39, 0.29) is 11.2 Å². The summed E-state index contributed by atoms with van der Waals surface area (Å²) in [6.07, 6.45) is 0.318. The first-order valence-electron chi connectivity index (χ1n) is 7.90. The predicted molar refractivity (Wildman–Crippen MR) is 93.9 cm³/mol. The lowest BCUT2D eigenvalue weighted by molar-refractivity contribution is 0.0990. The monoisotopic (exact) mass is 306 g/mol. The van der Waals surface area contributed by atoms with E-state index in [2.05, 4.69) is 31.8 Å². The molecule has 118 valence electrons. The summed E-state index contributed by atoms with van der Waals surface area (Å²) in [7, 11) is 1.96. The Bertz CT molecular complexity index is 869. The fraction of sp³-hybridized carbons (Fsp3) is 0.300. The number of carbonyl (C=O) groups excluding carboxylic acids is 1. The number of imidazole rings is 1. The standard InChI is InChI=1S/C20H22N2O/c1-20(2,3)15-9-7-8-14(12-15)18(23)13-19-21-16-10-5-6-11-17(16)22(19)4/h5-12H,13H2,1-4H3. The zero-order valence-corrected chi connectivity index (χ0v) is 14.1. The fourth-order valence-corrected chi connectivity index (χ4v) is 2.76. The summed E-state index contributed by atoms with van der Waals surface area (Å²) < 4.78 is 2.00. The number of hydrogen-bond acceptors (Lipinski definition) is 2. The van der Waals surface area contributed by atoms with Crippen LogP contribution in [0.5, 0.6) is 0 Å². The summed E-state index contributed by atoms with van der Waals surface area (Å²) >= 11 is 0. The molecule has 3 rings (SSSR count). The van der Waals surface area contributed by atoms with Crippen LogP contribution in [0, 0.1) is 0 Å². The molecule has 0 fully saturated rings. The van der Waals surface area contributed by atoms with Crippen molar-refractivity contribution in [3.63, 3.8) is 0 Å². The summed E-state index contributed by atoms with van der Waals surface area (Å²) in [4.78, 5) is 17.3. The molecule has 0 saturated heterocycles. The Morgan fingerprint density at radius 2 is 1.83 bits per heavy atom. The third-order valence-corrected chi connectivity index (χ3v) is 4.25. The Balaban J connectivity index is 1.90. The van der Waals surface area contributed by atoms with Crippen LogP contribution in [-0.2, 0) is 18.9 Å². The molecule has 0 unspecified atom stereocenters. The van der Waals surface area contributed by atoms with Gasteiger partial charge in [-0.25, -0.2) is 4.98 Å². The van der Waals surface area contributed by atoms with E-state index in [0.29, 0.717) is 6.42 Å². The minimum atomic E-state index is 0.0359. The van der Waals surface area contributed by atoms with Crippen molar-refractivity contribution in [2.45, 2.75) is 32.6 Å². The van der Waals surface area contributed by atoms with E-state index in [1.807, 2.05) is 54.1 Å². The Hall–Kier alpha value is -2.42. The Morgan fingerprint density at radius 3 is 2.52 bits per heavy atom. The number of ketones is 1. The van der Waals surface area contributed by atoms with E-state index >= 15 is 0 Å². The number of rotatable bonds is 3. The van der Waals surface area contributed by atoms with E-state index in [4.69, 9.17) is 0 Å². The summed E-state index contributed by atoms with van der Waals surface area (Å²) in [5, 5.41) is 0. The lowest BCUT2D eigenvalue weighted by Gasteiger charge is -2.19. The van der Waals surface area contributed by atoms with Crippen LogP contribution < -0.4 is 0 Å². The van der Waals surface area contributed by atoms with E-state index in [9.17, 15) is 4.79 Å². The summed E-state index contributed by atoms with van der Waals surface area (Å²) in [6.45, 7) is 6.46. The van der Waals surface area contributed by atoms with Crippen LogP contribution in [0.2, 0.25) is 0 Å². The van der Waals surface area contributed by atoms with E-state index in [0.717, 1.165) is 22.4 Å². The van der Waals surface area contributed by atoms with Crippen molar-refractivity contribution in [3.05, 3.63) is 65.5 Å². The van der Waals surface area contributed by atoms with Gasteiger partial charge in [0, 0.05) is 12.6 Å². The molecule has 3 nitrogen and oxygen atoms in total. The lowest BCUT2D eigenvalue weighted by Crippen LogP contribution is -2.13. The highest BCUT2D eigenvalue weighted by atomic mass is 16.1. The highest BCUT2D eigenvalue weighted by molar-refractivity contribution is 5.97. The number of aryl methyl sites for hydroxylation is 1. The van der Waals surface area contributed by atoms with Gasteiger partial charge in [-0.05, 0) is 29.2 Å². The van der Waals surface area contributed by atoms with Gasteiger partial charge in [-0.1, -0.05) is 51.1 Å². The van der Waals surface area contributed by atoms with Gasteiger partial charge in [0.15, 0.2) is 5.78 Å². The largest absolute Gasteiger partial charge is 0.331 e. The van der Waals surface area contributed by atoms with Gasteiger partial charge in [-0.3, -0.25) is 4.79 Å². The zero-order chi connectivity index (χ0) is 16.6. The number of Topliss-reactive ketones (excluding diaryl/α,β-unsaturated/α-hetero) is 1. The Kier molecular flexibility index (Phi) is 3.80. The second-order valence-corrected chi connectivity index (χ2v) is 7.01. The number of benzene rings is 2. The third kappa shape index (κ3) is 3.04. The van der Waals surface area contributed by atoms with E-state index in [1.54, 1.807) is 0 Å². The minimum Gasteiger partial charge on any atom is -0.331 e. The van der Waals surface area contributed by atoms with Gasteiger partial charge in [0.05, 0.1) is 17.5 Å². The molecule has 0 N–H and O–H groups in total. The van der Waals surface area contributed by atoms with Crippen LogP contribution >= 0.6 is 0 Å². The summed E-state index contributed by atoms with van der Waals surface area (Å²) in [5.74, 6) is 0.909. The number of nitrogens with zero attached hydrogens (tertiary/aromatic N) is 2. The number of para-hydroxylation sites is 2. The second kappa shape index (κ2) is 5.65. The summed E-state index contributed by atoms with van der Waals surface area (Å²) in [5.41, 5.74) is 3.95. The molecule has 0 spiro atoms. The molecule has 0 aliphatic heterocycles. The van der Waals surface area contributed by atoms with Gasteiger partial charge < -0.3 is 4.57 Å². The number of carbonyl (C=O) groups is 1. The fourth-order valence-electron chi connectivity index (χ4n) is 2.76. The van der Waals surface area contributed by atoms with Gasteiger partial charge >= 0.3 is 0 Å². The first-order chi connectivity index (χ1) is 10.9. The van der Waals surface area contributed by atoms with Gasteiger partial charge in [0.2, 0.25) is 0 Å². The minimum absolute atomic E-state index is 0.0359. The topological polar surface area (TPSA) is 34.9 Å². The predicted octanol–water partition coefficient (Wildman–Crippen LogP) is 4.30. The molecule has 0 atom stereocenters. The van der Waals surface area contributed by atoms with Crippen molar-refractivity contribution in [1.29, 1.82) is 0 Å². The molecule has 1 heterocycles. The quantitative estimate of drug-likeness (QED) is 0.676. The highest BCUT2D eigenvalue weighted by Crippen LogP contribution is 2.23. The Labute approximate surface area is 137 Å². The molecule has 0 aliphatic carbocycles. The molecular weight excluding hydrogens is 284 g/mol. The first kappa shape index (κ1) is 15.5. The molecule has 0 saturated carbocycles. The number of hydrogen-bond donors (Lipinski definition) is 0. The van der Waals surface area contributed by atoms with Crippen LogP contribution in [0.15, 0.2) is 48.5 Å². The normalized spacial score (nSPS) is 11.8. The maximum Gasteiger partial charge on any atom is 0.170 e. The van der Waals surface area contributed by atoms with Crippen molar-refractivity contribution in [2.24, 2.45) is 7.05 Å². The van der Waals surface area contributed by atoms with Crippen LogP contribution in [0.1, 0.15) is 42.5 Å². The van der Waals surface area contributed by atoms with E-state index < -0.39 is 0 Å². The second-order valence-electron chi connectivity index (χ2n) is 7.01. The molecular formula is C20H22N2O. The maximum atomic E-state index is 12.7. The van der Waals surface area contributed by atoms with Crippen molar-refractivity contribution < 1.29 is 4.79 Å². The third-order valence-electron chi connectivity index (χ3n) is 4.25. The van der Waals surface area contributed by atoms with Gasteiger partial charge in [0.25, 0.3) is 0 Å². The van der Waals surface area contributed by atoms with Crippen LogP contribution in [0.3, 0.4) is 0 Å². The molecule has 23 heavy (non-hydrogen) atoms. The molecule has 1 aromatic heterocycles. The van der Waals surface area contributed by atoms with Crippen molar-refractivity contribution in [3.8, 4) is 0 Å². The van der Waals surface area contributed by atoms with Crippen molar-refractivity contribution >= 4 is 16.8 Å². The molecule has 0 aliphatic rings. The van der Waals surface area contributed by atoms with E-state index in [1.165, 1.54) is 5.56 Å². The SMILES string of the molecule is Cn1c(CC(=O)c2cccc(C(C)(C)C)c2)nc2ccccc21. The molecule has 0 radical (unpaired) electrons. The molecule has 0 bridgehead atoms. The molecule has 0 amide bonds. The summed E-state index contributed by atoms with van der Waals surface area (Å²) in [6, 6.07) is 15.9. The molecule has 2 aromatic carbocycles. The Morgan fingerprint density at radius 1 is 1.09 bits per heavy atom. The molecule has 3 heteroatoms.